The van der Waals surface area contributed by atoms with Gasteiger partial charge in [-0.05, 0) is 68.4 Å². The van der Waals surface area contributed by atoms with Crippen LogP contribution in [0.3, 0.4) is 0 Å². The van der Waals surface area contributed by atoms with E-state index in [1.165, 1.54) is 4.90 Å². The summed E-state index contributed by atoms with van der Waals surface area (Å²) in [6.07, 6.45) is -4.48. The maximum Gasteiger partial charge on any atom is 0.416 e. The first-order valence-corrected chi connectivity index (χ1v) is 11.6. The Labute approximate surface area is 216 Å². The van der Waals surface area contributed by atoms with Crippen molar-refractivity contribution in [3.63, 3.8) is 0 Å². The highest BCUT2D eigenvalue weighted by Crippen LogP contribution is 2.30. The third kappa shape index (κ3) is 6.12. The third-order valence-corrected chi connectivity index (χ3v) is 5.68. The fourth-order valence-electron chi connectivity index (χ4n) is 3.87. The highest BCUT2D eigenvalue weighted by Gasteiger charge is 2.30. The van der Waals surface area contributed by atoms with Crippen LogP contribution in [0, 0.1) is 0 Å². The zero-order chi connectivity index (χ0) is 27.7. The van der Waals surface area contributed by atoms with Gasteiger partial charge in [0.1, 0.15) is 0 Å². The van der Waals surface area contributed by atoms with Gasteiger partial charge in [0.05, 0.1) is 28.7 Å². The van der Waals surface area contributed by atoms with Crippen LogP contribution in [0.2, 0.25) is 0 Å². The molecule has 1 heterocycles. The monoisotopic (exact) mass is 525 g/mol. The smallest absolute Gasteiger partial charge is 0.389 e. The number of nitrogens with one attached hydrogen (secondary N) is 2. The maximum atomic E-state index is 12.9. The van der Waals surface area contributed by atoms with Crippen molar-refractivity contribution in [1.82, 2.24) is 9.55 Å². The Kier molecular flexibility index (Phi) is 7.14. The number of hydrogen-bond acceptors (Lipinski definition) is 4. The van der Waals surface area contributed by atoms with Gasteiger partial charge in [-0.25, -0.2) is 9.78 Å². The summed E-state index contributed by atoms with van der Waals surface area (Å²) in [5, 5.41) is 15.5. The first-order valence-electron chi connectivity index (χ1n) is 11.6. The molecular weight excluding hydrogens is 499 g/mol. The zero-order valence-corrected chi connectivity index (χ0v) is 20.9. The second kappa shape index (κ2) is 10.2. The number of carbonyl (C=O) groups is 2. The van der Waals surface area contributed by atoms with Gasteiger partial charge in [-0.2, -0.15) is 13.2 Å². The minimum Gasteiger partial charge on any atom is -0.389 e. The molecule has 4 rings (SSSR count). The van der Waals surface area contributed by atoms with Gasteiger partial charge < -0.3 is 19.9 Å². The molecule has 0 fully saturated rings. The number of urea groups is 1. The first-order chi connectivity index (χ1) is 17.8. The topological polar surface area (TPSA) is 99.5 Å². The molecule has 0 aliphatic carbocycles. The van der Waals surface area contributed by atoms with E-state index in [4.69, 9.17) is 0 Å². The predicted molar refractivity (Wildman–Crippen MR) is 139 cm³/mol. The molecular formula is C27H26F3N5O3. The molecule has 0 atom stereocenters. The molecule has 3 N–H and O–H groups in total. The van der Waals surface area contributed by atoms with Crippen LogP contribution in [0.15, 0.2) is 72.8 Å². The number of aliphatic hydroxyl groups is 1. The lowest BCUT2D eigenvalue weighted by Gasteiger charge is -2.21. The molecule has 0 radical (unpaired) electrons. The van der Waals surface area contributed by atoms with E-state index in [2.05, 4.69) is 15.6 Å². The SMILES string of the molecule is CN(C(=O)c1ccccc1)c1ccc2c(c1)nc(NC(=O)Nc1ccc(C(F)(F)F)cc1)n2CC(C)(C)O. The molecule has 0 spiro atoms. The molecule has 1 aromatic heterocycles. The highest BCUT2D eigenvalue weighted by molar-refractivity contribution is 6.06. The number of anilines is 3. The first kappa shape index (κ1) is 26.7. The fraction of sp³-hybridized carbons (Fsp3) is 0.222. The Morgan fingerprint density at radius 2 is 1.63 bits per heavy atom. The normalized spacial score (nSPS) is 11.9. The summed E-state index contributed by atoms with van der Waals surface area (Å²) < 4.78 is 40.0. The number of nitrogens with zero attached hydrogens (tertiary/aromatic N) is 3. The van der Waals surface area contributed by atoms with Gasteiger partial charge in [0.2, 0.25) is 5.95 Å². The number of rotatable bonds is 6. The average Bonchev–Trinajstić information content (AvgIpc) is 3.17. The molecule has 8 nitrogen and oxygen atoms in total. The minimum absolute atomic E-state index is 0.0809. The summed E-state index contributed by atoms with van der Waals surface area (Å²) in [5.41, 5.74) is 0.314. The van der Waals surface area contributed by atoms with Crippen molar-refractivity contribution in [2.45, 2.75) is 32.2 Å². The van der Waals surface area contributed by atoms with Crippen LogP contribution in [-0.4, -0.2) is 39.2 Å². The van der Waals surface area contributed by atoms with Crippen molar-refractivity contribution < 1.29 is 27.9 Å². The van der Waals surface area contributed by atoms with Crippen molar-refractivity contribution in [3.8, 4) is 0 Å². The van der Waals surface area contributed by atoms with E-state index in [9.17, 15) is 27.9 Å². The summed E-state index contributed by atoms with van der Waals surface area (Å²) in [4.78, 5) is 31.5. The Balaban J connectivity index is 1.60. The Bertz CT molecular complexity index is 1460. The van der Waals surface area contributed by atoms with E-state index in [-0.39, 0.29) is 24.1 Å². The molecule has 38 heavy (non-hydrogen) atoms. The van der Waals surface area contributed by atoms with Gasteiger partial charge in [-0.15, -0.1) is 0 Å². The molecule has 0 saturated carbocycles. The van der Waals surface area contributed by atoms with Crippen molar-refractivity contribution in [2.24, 2.45) is 0 Å². The maximum absolute atomic E-state index is 12.9. The number of benzene rings is 3. The number of halogens is 3. The third-order valence-electron chi connectivity index (χ3n) is 5.68. The molecule has 3 aromatic carbocycles. The van der Waals surface area contributed by atoms with Crippen molar-refractivity contribution in [2.75, 3.05) is 22.6 Å². The van der Waals surface area contributed by atoms with E-state index in [0.717, 1.165) is 24.3 Å². The number of alkyl halides is 3. The predicted octanol–water partition coefficient (Wildman–Crippen LogP) is 5.75. The molecule has 4 aromatic rings. The summed E-state index contributed by atoms with van der Waals surface area (Å²) in [6, 6.07) is 17.3. The summed E-state index contributed by atoms with van der Waals surface area (Å²) in [5.74, 6) is -0.101. The van der Waals surface area contributed by atoms with E-state index in [0.29, 0.717) is 22.3 Å². The van der Waals surface area contributed by atoms with Gasteiger partial charge in [0, 0.05) is 24.0 Å². The zero-order valence-electron chi connectivity index (χ0n) is 20.9. The Morgan fingerprint density at radius 3 is 2.24 bits per heavy atom. The van der Waals surface area contributed by atoms with Crippen molar-refractivity contribution >= 4 is 40.3 Å². The summed E-state index contributed by atoms with van der Waals surface area (Å²) in [7, 11) is 1.64. The quantitative estimate of drug-likeness (QED) is 0.299. The van der Waals surface area contributed by atoms with Gasteiger partial charge in [-0.1, -0.05) is 18.2 Å². The van der Waals surface area contributed by atoms with Gasteiger partial charge in [0.25, 0.3) is 5.91 Å². The van der Waals surface area contributed by atoms with Crippen LogP contribution >= 0.6 is 0 Å². The van der Waals surface area contributed by atoms with Crippen LogP contribution in [0.25, 0.3) is 11.0 Å². The summed E-state index contributed by atoms with van der Waals surface area (Å²) in [6.45, 7) is 3.29. The number of carbonyl (C=O) groups excluding carboxylic acids is 2. The number of fused-ring (bicyclic) bond motifs is 1. The lowest BCUT2D eigenvalue weighted by Crippen LogP contribution is -2.28. The average molecular weight is 526 g/mol. The van der Waals surface area contributed by atoms with Crippen LogP contribution in [0.1, 0.15) is 29.8 Å². The molecule has 3 amide bonds. The van der Waals surface area contributed by atoms with E-state index >= 15 is 0 Å². The number of amides is 3. The summed E-state index contributed by atoms with van der Waals surface area (Å²) >= 11 is 0. The molecule has 0 aliphatic rings. The molecule has 0 aliphatic heterocycles. The van der Waals surface area contributed by atoms with E-state index < -0.39 is 23.4 Å². The lowest BCUT2D eigenvalue weighted by molar-refractivity contribution is -0.137. The minimum atomic E-state index is -4.48. The van der Waals surface area contributed by atoms with Crippen LogP contribution in [0.5, 0.6) is 0 Å². The van der Waals surface area contributed by atoms with Crippen molar-refractivity contribution in [3.05, 3.63) is 83.9 Å². The number of hydrogen-bond donors (Lipinski definition) is 3. The molecule has 198 valence electrons. The van der Waals surface area contributed by atoms with Gasteiger partial charge >= 0.3 is 12.2 Å². The molecule has 11 heteroatoms. The highest BCUT2D eigenvalue weighted by atomic mass is 19.4. The van der Waals surface area contributed by atoms with E-state index in [1.807, 2.05) is 6.07 Å². The largest absolute Gasteiger partial charge is 0.416 e. The standard InChI is InChI=1S/C27H26F3N5O3/c1-26(2,38)16-35-22-14-13-20(34(3)23(36)17-7-5-4-6-8-17)15-21(22)32-24(35)33-25(37)31-19-11-9-18(10-12-19)27(28,29)30/h4-15,38H,16H2,1-3H3,(H2,31,32,33,37). The molecule has 0 bridgehead atoms. The lowest BCUT2D eigenvalue weighted by atomic mass is 10.1. The Hall–Kier alpha value is -4.38. The van der Waals surface area contributed by atoms with E-state index in [1.54, 1.807) is 67.9 Å². The van der Waals surface area contributed by atoms with Gasteiger partial charge in [-0.3, -0.25) is 10.1 Å². The second-order valence-corrected chi connectivity index (χ2v) is 9.39. The van der Waals surface area contributed by atoms with Crippen LogP contribution in [0.4, 0.5) is 35.3 Å². The Morgan fingerprint density at radius 1 is 0.974 bits per heavy atom. The molecule has 0 saturated heterocycles. The van der Waals surface area contributed by atoms with Gasteiger partial charge in [0.15, 0.2) is 0 Å². The number of imidazole rings is 1. The molecule has 0 unspecified atom stereocenters. The second-order valence-electron chi connectivity index (χ2n) is 9.39. The number of aromatic nitrogens is 2. The van der Waals surface area contributed by atoms with Crippen LogP contribution in [-0.2, 0) is 12.7 Å². The van der Waals surface area contributed by atoms with Crippen LogP contribution < -0.4 is 15.5 Å². The van der Waals surface area contributed by atoms with Crippen molar-refractivity contribution in [1.29, 1.82) is 0 Å². The fourth-order valence-corrected chi connectivity index (χ4v) is 3.87.